The fraction of sp³-hybridized carbons (Fsp3) is 0.412. The normalized spacial score (nSPS) is 17.8. The molecule has 3 rings (SSSR count). The molecule has 2 aromatic rings. The van der Waals surface area contributed by atoms with Crippen LogP contribution in [0.3, 0.4) is 0 Å². The van der Waals surface area contributed by atoms with Crippen LogP contribution in [0.4, 0.5) is 0 Å². The van der Waals surface area contributed by atoms with Gasteiger partial charge in [0.15, 0.2) is 0 Å². The molecule has 0 aliphatic heterocycles. The van der Waals surface area contributed by atoms with Gasteiger partial charge >= 0.3 is 0 Å². The minimum absolute atomic E-state index is 0.237. The summed E-state index contributed by atoms with van der Waals surface area (Å²) < 4.78 is 7.98. The molecular formula is C17H22N2O. The predicted octanol–water partition coefficient (Wildman–Crippen LogP) is 3.29. The van der Waals surface area contributed by atoms with Gasteiger partial charge in [0.1, 0.15) is 5.75 Å². The van der Waals surface area contributed by atoms with Gasteiger partial charge in [-0.25, -0.2) is 0 Å². The summed E-state index contributed by atoms with van der Waals surface area (Å²) in [4.78, 5) is 0. The molecule has 1 aliphatic rings. The highest BCUT2D eigenvalue weighted by Crippen LogP contribution is 2.28. The van der Waals surface area contributed by atoms with Crippen LogP contribution in [0.2, 0.25) is 0 Å². The van der Waals surface area contributed by atoms with E-state index in [1.807, 2.05) is 30.3 Å². The summed E-state index contributed by atoms with van der Waals surface area (Å²) >= 11 is 0. The van der Waals surface area contributed by atoms with Gasteiger partial charge in [-0.3, -0.25) is 0 Å². The van der Waals surface area contributed by atoms with Crippen LogP contribution in [0.1, 0.15) is 36.4 Å². The van der Waals surface area contributed by atoms with E-state index in [4.69, 9.17) is 10.5 Å². The summed E-state index contributed by atoms with van der Waals surface area (Å²) in [5.41, 5.74) is 8.94. The number of aromatic nitrogens is 1. The first-order valence-electron chi connectivity index (χ1n) is 7.45. The summed E-state index contributed by atoms with van der Waals surface area (Å²) in [6, 6.07) is 10.2. The third kappa shape index (κ3) is 3.05. The standard InChI is InChI=1S/C17H22N2O/c18-17-9-4-6-14-12-19(13-16(14)17)10-5-11-20-15-7-2-1-3-8-15/h1-3,7-8,12-13,17H,4-6,9-11,18H2. The second kappa shape index (κ2) is 6.14. The van der Waals surface area contributed by atoms with Gasteiger partial charge in [-0.1, -0.05) is 18.2 Å². The zero-order valence-electron chi connectivity index (χ0n) is 11.8. The minimum Gasteiger partial charge on any atom is -0.494 e. The highest BCUT2D eigenvalue weighted by atomic mass is 16.5. The molecule has 0 saturated carbocycles. The number of para-hydroxylation sites is 1. The molecule has 1 heterocycles. The Kier molecular flexibility index (Phi) is 4.07. The second-order valence-corrected chi connectivity index (χ2v) is 5.49. The molecule has 1 unspecified atom stereocenters. The predicted molar refractivity (Wildman–Crippen MR) is 80.9 cm³/mol. The first kappa shape index (κ1) is 13.3. The number of fused-ring (bicyclic) bond motifs is 1. The quantitative estimate of drug-likeness (QED) is 0.847. The maximum atomic E-state index is 6.15. The molecule has 0 radical (unpaired) electrons. The van der Waals surface area contributed by atoms with E-state index in [1.54, 1.807) is 0 Å². The fourth-order valence-corrected chi connectivity index (χ4v) is 2.87. The molecule has 106 valence electrons. The third-order valence-electron chi connectivity index (χ3n) is 3.93. The molecule has 1 aromatic heterocycles. The number of hydrogen-bond donors (Lipinski definition) is 1. The molecular weight excluding hydrogens is 248 g/mol. The molecule has 0 saturated heterocycles. The fourth-order valence-electron chi connectivity index (χ4n) is 2.87. The molecule has 0 fully saturated rings. The first-order chi connectivity index (χ1) is 9.83. The Morgan fingerprint density at radius 1 is 1.20 bits per heavy atom. The number of hydrogen-bond acceptors (Lipinski definition) is 2. The van der Waals surface area contributed by atoms with Crippen LogP contribution >= 0.6 is 0 Å². The van der Waals surface area contributed by atoms with Crippen LogP contribution in [0.25, 0.3) is 0 Å². The van der Waals surface area contributed by atoms with Gasteiger partial charge in [0.05, 0.1) is 6.61 Å². The molecule has 20 heavy (non-hydrogen) atoms. The molecule has 3 heteroatoms. The average Bonchev–Trinajstić information content (AvgIpc) is 2.89. The van der Waals surface area contributed by atoms with Crippen molar-refractivity contribution in [3.05, 3.63) is 53.9 Å². The van der Waals surface area contributed by atoms with Crippen LogP contribution in [0, 0.1) is 0 Å². The minimum atomic E-state index is 0.237. The van der Waals surface area contributed by atoms with Crippen LogP contribution < -0.4 is 10.5 Å². The Morgan fingerprint density at radius 2 is 2.05 bits per heavy atom. The van der Waals surface area contributed by atoms with Crippen LogP contribution in [0.15, 0.2) is 42.7 Å². The van der Waals surface area contributed by atoms with Crippen molar-refractivity contribution < 1.29 is 4.74 Å². The summed E-state index contributed by atoms with van der Waals surface area (Å²) in [6.45, 7) is 1.74. The molecule has 3 nitrogen and oxygen atoms in total. The molecule has 0 spiro atoms. The lowest BCUT2D eigenvalue weighted by molar-refractivity contribution is 0.302. The lowest BCUT2D eigenvalue weighted by atomic mass is 9.92. The maximum Gasteiger partial charge on any atom is 0.119 e. The number of aryl methyl sites for hydroxylation is 2. The third-order valence-corrected chi connectivity index (χ3v) is 3.93. The van der Waals surface area contributed by atoms with E-state index >= 15 is 0 Å². The van der Waals surface area contributed by atoms with Gasteiger partial charge in [0.25, 0.3) is 0 Å². The zero-order valence-corrected chi connectivity index (χ0v) is 11.8. The lowest BCUT2D eigenvalue weighted by Gasteiger charge is -2.17. The number of rotatable bonds is 5. The Balaban J connectivity index is 1.49. The molecule has 0 bridgehead atoms. The van der Waals surface area contributed by atoms with Crippen molar-refractivity contribution in [1.29, 1.82) is 0 Å². The lowest BCUT2D eigenvalue weighted by Crippen LogP contribution is -2.15. The average molecular weight is 270 g/mol. The highest BCUT2D eigenvalue weighted by molar-refractivity contribution is 5.29. The van der Waals surface area contributed by atoms with Crippen LogP contribution in [0.5, 0.6) is 5.75 Å². The van der Waals surface area contributed by atoms with E-state index in [1.165, 1.54) is 24.0 Å². The maximum absolute atomic E-state index is 6.15. The van der Waals surface area contributed by atoms with Crippen molar-refractivity contribution in [2.75, 3.05) is 6.61 Å². The van der Waals surface area contributed by atoms with Crippen molar-refractivity contribution in [2.24, 2.45) is 5.73 Å². The smallest absolute Gasteiger partial charge is 0.119 e. The van der Waals surface area contributed by atoms with Crippen LogP contribution in [-0.2, 0) is 13.0 Å². The van der Waals surface area contributed by atoms with Gasteiger partial charge in [-0.05, 0) is 48.9 Å². The van der Waals surface area contributed by atoms with E-state index < -0.39 is 0 Å². The molecule has 1 aromatic carbocycles. The van der Waals surface area contributed by atoms with E-state index in [0.717, 1.165) is 31.7 Å². The second-order valence-electron chi connectivity index (χ2n) is 5.49. The highest BCUT2D eigenvalue weighted by Gasteiger charge is 2.18. The molecule has 1 aliphatic carbocycles. The van der Waals surface area contributed by atoms with E-state index in [-0.39, 0.29) is 6.04 Å². The molecule has 1 atom stereocenters. The first-order valence-corrected chi connectivity index (χ1v) is 7.45. The van der Waals surface area contributed by atoms with Crippen molar-refractivity contribution in [1.82, 2.24) is 4.57 Å². The van der Waals surface area contributed by atoms with E-state index in [2.05, 4.69) is 17.0 Å². The van der Waals surface area contributed by atoms with Crippen molar-refractivity contribution in [3.8, 4) is 5.75 Å². The Morgan fingerprint density at radius 3 is 2.85 bits per heavy atom. The summed E-state index contributed by atoms with van der Waals surface area (Å²) in [5.74, 6) is 0.946. The number of nitrogens with two attached hydrogens (primary N) is 1. The van der Waals surface area contributed by atoms with Gasteiger partial charge in [0.2, 0.25) is 0 Å². The number of benzene rings is 1. The van der Waals surface area contributed by atoms with Crippen molar-refractivity contribution >= 4 is 0 Å². The van der Waals surface area contributed by atoms with Gasteiger partial charge in [-0.2, -0.15) is 0 Å². The zero-order chi connectivity index (χ0) is 13.8. The van der Waals surface area contributed by atoms with Gasteiger partial charge < -0.3 is 15.0 Å². The largest absolute Gasteiger partial charge is 0.494 e. The molecule has 2 N–H and O–H groups in total. The SMILES string of the molecule is NC1CCCc2cn(CCCOc3ccccc3)cc21. The van der Waals surface area contributed by atoms with E-state index in [9.17, 15) is 0 Å². The summed E-state index contributed by atoms with van der Waals surface area (Å²) in [7, 11) is 0. The summed E-state index contributed by atoms with van der Waals surface area (Å²) in [6.07, 6.45) is 9.01. The van der Waals surface area contributed by atoms with Crippen molar-refractivity contribution in [2.45, 2.75) is 38.3 Å². The van der Waals surface area contributed by atoms with Crippen molar-refractivity contribution in [3.63, 3.8) is 0 Å². The van der Waals surface area contributed by atoms with Crippen LogP contribution in [-0.4, -0.2) is 11.2 Å². The number of nitrogens with zero attached hydrogens (tertiary/aromatic N) is 1. The van der Waals surface area contributed by atoms with E-state index in [0.29, 0.717) is 0 Å². The Labute approximate surface area is 120 Å². The topological polar surface area (TPSA) is 40.2 Å². The Bertz CT molecular complexity index is 547. The molecule has 0 amide bonds. The van der Waals surface area contributed by atoms with Gasteiger partial charge in [-0.15, -0.1) is 0 Å². The number of ether oxygens (including phenoxy) is 1. The van der Waals surface area contributed by atoms with Gasteiger partial charge in [0, 0.05) is 25.0 Å². The monoisotopic (exact) mass is 270 g/mol. The Hall–Kier alpha value is -1.74. The summed E-state index contributed by atoms with van der Waals surface area (Å²) in [5, 5.41) is 0.